The number of nitrogens with zero attached hydrogens (tertiary/aromatic N) is 1. The second-order valence-electron chi connectivity index (χ2n) is 3.86. The number of rotatable bonds is 2. The zero-order valence-corrected chi connectivity index (χ0v) is 8.03. The van der Waals surface area contributed by atoms with Crippen LogP contribution in [0.3, 0.4) is 0 Å². The summed E-state index contributed by atoms with van der Waals surface area (Å²) in [5.74, 6) is -0.344. The van der Waals surface area contributed by atoms with E-state index in [9.17, 15) is 0 Å². The second kappa shape index (κ2) is 3.53. The molecule has 4 nitrogen and oxygen atoms in total. The minimum absolute atomic E-state index is 0.204. The predicted octanol–water partition coefficient (Wildman–Crippen LogP) is -0.184. The van der Waals surface area contributed by atoms with Gasteiger partial charge in [-0.3, -0.25) is 4.90 Å². The Morgan fingerprint density at radius 3 is 2.77 bits per heavy atom. The SMILES string of the molecule is CC(CO)N1CCC2(C1)OCCO2. The van der Waals surface area contributed by atoms with Crippen molar-refractivity contribution in [2.45, 2.75) is 25.2 Å². The zero-order valence-electron chi connectivity index (χ0n) is 8.03. The molecule has 0 bridgehead atoms. The highest BCUT2D eigenvalue weighted by molar-refractivity contribution is 4.88. The van der Waals surface area contributed by atoms with E-state index in [1.54, 1.807) is 0 Å². The molecule has 13 heavy (non-hydrogen) atoms. The molecule has 2 heterocycles. The Morgan fingerprint density at radius 2 is 2.15 bits per heavy atom. The van der Waals surface area contributed by atoms with E-state index in [0.717, 1.165) is 19.5 Å². The van der Waals surface area contributed by atoms with Crippen LogP contribution in [0.15, 0.2) is 0 Å². The summed E-state index contributed by atoms with van der Waals surface area (Å²) in [7, 11) is 0. The number of likely N-dealkylation sites (tertiary alicyclic amines) is 1. The number of hydrogen-bond donors (Lipinski definition) is 1. The van der Waals surface area contributed by atoms with Gasteiger partial charge in [0.2, 0.25) is 0 Å². The Kier molecular flexibility index (Phi) is 2.55. The molecule has 4 heteroatoms. The Bertz CT molecular complexity index is 180. The molecule has 2 aliphatic rings. The number of ether oxygens (including phenoxy) is 2. The van der Waals surface area contributed by atoms with Gasteiger partial charge in [-0.1, -0.05) is 0 Å². The van der Waals surface area contributed by atoms with Crippen molar-refractivity contribution in [1.29, 1.82) is 0 Å². The van der Waals surface area contributed by atoms with Crippen molar-refractivity contribution >= 4 is 0 Å². The third-order valence-corrected chi connectivity index (χ3v) is 2.93. The van der Waals surface area contributed by atoms with Gasteiger partial charge in [0, 0.05) is 19.0 Å². The molecule has 0 saturated carbocycles. The lowest BCUT2D eigenvalue weighted by Crippen LogP contribution is -2.39. The summed E-state index contributed by atoms with van der Waals surface area (Å²) in [4.78, 5) is 2.21. The van der Waals surface area contributed by atoms with Crippen LogP contribution in [-0.4, -0.2) is 54.7 Å². The van der Waals surface area contributed by atoms with Gasteiger partial charge in [0.05, 0.1) is 26.4 Å². The highest BCUT2D eigenvalue weighted by Gasteiger charge is 2.44. The lowest BCUT2D eigenvalue weighted by atomic mass is 10.2. The quantitative estimate of drug-likeness (QED) is 0.651. The first-order valence-corrected chi connectivity index (χ1v) is 4.89. The third-order valence-electron chi connectivity index (χ3n) is 2.93. The van der Waals surface area contributed by atoms with Crippen molar-refractivity contribution in [2.24, 2.45) is 0 Å². The number of aliphatic hydroxyl groups excluding tert-OH is 1. The molecule has 2 fully saturated rings. The molecule has 2 saturated heterocycles. The molecule has 0 aromatic heterocycles. The summed E-state index contributed by atoms with van der Waals surface area (Å²) in [6, 6.07) is 0.215. The van der Waals surface area contributed by atoms with Gasteiger partial charge in [-0.2, -0.15) is 0 Å². The van der Waals surface area contributed by atoms with Gasteiger partial charge >= 0.3 is 0 Å². The molecule has 0 radical (unpaired) electrons. The Labute approximate surface area is 78.4 Å². The summed E-state index contributed by atoms with van der Waals surface area (Å²) in [6.45, 7) is 5.41. The Hall–Kier alpha value is -0.160. The van der Waals surface area contributed by atoms with E-state index < -0.39 is 0 Å². The summed E-state index contributed by atoms with van der Waals surface area (Å²) in [6.07, 6.45) is 0.928. The molecule has 0 aromatic carbocycles. The monoisotopic (exact) mass is 187 g/mol. The smallest absolute Gasteiger partial charge is 0.182 e. The maximum atomic E-state index is 9.00. The van der Waals surface area contributed by atoms with Crippen molar-refractivity contribution in [2.75, 3.05) is 32.9 Å². The van der Waals surface area contributed by atoms with E-state index in [1.807, 2.05) is 6.92 Å². The lowest BCUT2D eigenvalue weighted by Gasteiger charge is -2.25. The van der Waals surface area contributed by atoms with E-state index >= 15 is 0 Å². The number of hydrogen-bond acceptors (Lipinski definition) is 4. The first-order valence-electron chi connectivity index (χ1n) is 4.89. The average molecular weight is 187 g/mol. The molecule has 1 N–H and O–H groups in total. The van der Waals surface area contributed by atoms with Crippen molar-refractivity contribution in [3.8, 4) is 0 Å². The van der Waals surface area contributed by atoms with Gasteiger partial charge in [0.1, 0.15) is 0 Å². The number of aliphatic hydroxyl groups is 1. The van der Waals surface area contributed by atoms with E-state index in [4.69, 9.17) is 14.6 Å². The van der Waals surface area contributed by atoms with Crippen LogP contribution in [-0.2, 0) is 9.47 Å². The summed E-state index contributed by atoms with van der Waals surface area (Å²) in [5.41, 5.74) is 0. The first-order chi connectivity index (χ1) is 6.26. The van der Waals surface area contributed by atoms with E-state index in [1.165, 1.54) is 0 Å². The Morgan fingerprint density at radius 1 is 1.46 bits per heavy atom. The van der Waals surface area contributed by atoms with Crippen LogP contribution in [0.4, 0.5) is 0 Å². The molecule has 0 aliphatic carbocycles. The molecule has 1 unspecified atom stereocenters. The molecule has 1 spiro atoms. The summed E-state index contributed by atoms with van der Waals surface area (Å²) >= 11 is 0. The van der Waals surface area contributed by atoms with Crippen LogP contribution in [0.25, 0.3) is 0 Å². The maximum Gasteiger partial charge on any atom is 0.182 e. The van der Waals surface area contributed by atoms with Gasteiger partial charge in [0.25, 0.3) is 0 Å². The van der Waals surface area contributed by atoms with Crippen LogP contribution in [0.1, 0.15) is 13.3 Å². The van der Waals surface area contributed by atoms with E-state index in [-0.39, 0.29) is 18.4 Å². The molecule has 2 rings (SSSR count). The van der Waals surface area contributed by atoms with E-state index in [2.05, 4.69) is 4.90 Å². The topological polar surface area (TPSA) is 41.9 Å². The normalized spacial score (nSPS) is 30.0. The van der Waals surface area contributed by atoms with Crippen molar-refractivity contribution in [3.05, 3.63) is 0 Å². The third kappa shape index (κ3) is 1.72. The molecule has 76 valence electrons. The lowest BCUT2D eigenvalue weighted by molar-refractivity contribution is -0.146. The molecule has 2 aliphatic heterocycles. The zero-order chi connectivity index (χ0) is 9.31. The minimum atomic E-state index is -0.344. The second-order valence-corrected chi connectivity index (χ2v) is 3.86. The standard InChI is InChI=1S/C9H17NO3/c1-8(6-11)10-3-2-9(7-10)12-4-5-13-9/h8,11H,2-7H2,1H3. The highest BCUT2D eigenvalue weighted by atomic mass is 16.7. The van der Waals surface area contributed by atoms with E-state index in [0.29, 0.717) is 13.2 Å². The molecule has 1 atom stereocenters. The van der Waals surface area contributed by atoms with Crippen LogP contribution in [0.2, 0.25) is 0 Å². The summed E-state index contributed by atoms with van der Waals surface area (Å²) in [5, 5.41) is 9.00. The molecular weight excluding hydrogens is 170 g/mol. The minimum Gasteiger partial charge on any atom is -0.395 e. The van der Waals surface area contributed by atoms with Crippen LogP contribution in [0, 0.1) is 0 Å². The largest absolute Gasteiger partial charge is 0.395 e. The van der Waals surface area contributed by atoms with Gasteiger partial charge in [-0.15, -0.1) is 0 Å². The fraction of sp³-hybridized carbons (Fsp3) is 1.00. The fourth-order valence-electron chi connectivity index (χ4n) is 2.01. The Balaban J connectivity index is 1.93. The molecule has 0 aromatic rings. The van der Waals surface area contributed by atoms with Gasteiger partial charge < -0.3 is 14.6 Å². The molecular formula is C9H17NO3. The highest BCUT2D eigenvalue weighted by Crippen LogP contribution is 2.31. The maximum absolute atomic E-state index is 9.00. The van der Waals surface area contributed by atoms with Crippen LogP contribution < -0.4 is 0 Å². The van der Waals surface area contributed by atoms with Gasteiger partial charge in [-0.25, -0.2) is 0 Å². The van der Waals surface area contributed by atoms with Gasteiger partial charge in [0.15, 0.2) is 5.79 Å². The van der Waals surface area contributed by atoms with Crippen LogP contribution in [0.5, 0.6) is 0 Å². The van der Waals surface area contributed by atoms with Gasteiger partial charge in [-0.05, 0) is 6.92 Å². The average Bonchev–Trinajstić information content (AvgIpc) is 2.76. The van der Waals surface area contributed by atoms with Crippen molar-refractivity contribution in [3.63, 3.8) is 0 Å². The predicted molar refractivity (Wildman–Crippen MR) is 47.4 cm³/mol. The summed E-state index contributed by atoms with van der Waals surface area (Å²) < 4.78 is 11.2. The molecule has 0 amide bonds. The van der Waals surface area contributed by atoms with Crippen molar-refractivity contribution in [1.82, 2.24) is 4.90 Å². The fourth-order valence-corrected chi connectivity index (χ4v) is 2.01. The first kappa shape index (κ1) is 9.40. The van der Waals surface area contributed by atoms with Crippen LogP contribution >= 0.6 is 0 Å². The van der Waals surface area contributed by atoms with Crippen molar-refractivity contribution < 1.29 is 14.6 Å².